The summed E-state index contributed by atoms with van der Waals surface area (Å²) in [5.74, 6) is -1.13. The van der Waals surface area contributed by atoms with Gasteiger partial charge in [0.1, 0.15) is 0 Å². The molecule has 1 heterocycles. The second-order valence-corrected chi connectivity index (χ2v) is 6.18. The Hall–Kier alpha value is -1.38. The van der Waals surface area contributed by atoms with Gasteiger partial charge >= 0.3 is 12.0 Å². The van der Waals surface area contributed by atoms with Crippen LogP contribution in [0.4, 0.5) is 4.79 Å². The van der Waals surface area contributed by atoms with Crippen LogP contribution in [0.2, 0.25) is 0 Å². The molecule has 1 fully saturated rings. The van der Waals surface area contributed by atoms with E-state index in [-0.39, 0.29) is 19.1 Å². The summed E-state index contributed by atoms with van der Waals surface area (Å²) >= 11 is 0. The minimum absolute atomic E-state index is 0.0978. The van der Waals surface area contributed by atoms with Crippen molar-refractivity contribution in [2.24, 2.45) is 0 Å². The van der Waals surface area contributed by atoms with E-state index in [0.29, 0.717) is 13.0 Å². The number of β-amino-alcohol motifs (C(OH)–C–C–N with tert-alkyl or cyclic N) is 1. The van der Waals surface area contributed by atoms with Crippen LogP contribution >= 0.6 is 0 Å². The SMILES string of the molecule is CN(C)CC1CC(O)CN1C(=O)NCC(C)(O)CC(=O)O. The molecule has 1 aliphatic heterocycles. The van der Waals surface area contributed by atoms with E-state index in [1.54, 1.807) is 0 Å². The molecule has 1 saturated heterocycles. The molecule has 0 spiro atoms. The molecule has 21 heavy (non-hydrogen) atoms. The monoisotopic (exact) mass is 303 g/mol. The first kappa shape index (κ1) is 17.7. The predicted molar refractivity (Wildman–Crippen MR) is 75.9 cm³/mol. The van der Waals surface area contributed by atoms with Crippen LogP contribution in [0.1, 0.15) is 19.8 Å². The number of carbonyl (C=O) groups excluding carboxylic acids is 1. The van der Waals surface area contributed by atoms with E-state index in [0.717, 1.165) is 0 Å². The lowest BCUT2D eigenvalue weighted by molar-refractivity contribution is -0.141. The predicted octanol–water partition coefficient (Wildman–Crippen LogP) is -1.08. The Labute approximate surface area is 124 Å². The van der Waals surface area contributed by atoms with Gasteiger partial charge in [0.05, 0.1) is 18.1 Å². The molecular weight excluding hydrogens is 278 g/mol. The highest BCUT2D eigenvalue weighted by Gasteiger charge is 2.35. The standard InChI is InChI=1S/C13H25N3O5/c1-13(21,5-11(18)19)8-14-12(20)16-7-10(17)4-9(16)6-15(2)3/h9-10,17,21H,4-8H2,1-3H3,(H,14,20)(H,18,19). The fraction of sp³-hybridized carbons (Fsp3) is 0.846. The summed E-state index contributed by atoms with van der Waals surface area (Å²) in [6.45, 7) is 2.08. The van der Waals surface area contributed by atoms with E-state index in [2.05, 4.69) is 5.32 Å². The van der Waals surface area contributed by atoms with Crippen LogP contribution in [0.25, 0.3) is 0 Å². The van der Waals surface area contributed by atoms with Crippen molar-refractivity contribution < 1.29 is 24.9 Å². The number of amides is 2. The number of carbonyl (C=O) groups is 2. The van der Waals surface area contributed by atoms with E-state index in [9.17, 15) is 19.8 Å². The number of carboxylic acid groups (broad SMARTS) is 1. The molecule has 3 unspecified atom stereocenters. The fourth-order valence-corrected chi connectivity index (χ4v) is 2.49. The van der Waals surface area contributed by atoms with E-state index in [1.807, 2.05) is 19.0 Å². The van der Waals surface area contributed by atoms with Gasteiger partial charge < -0.3 is 30.4 Å². The Morgan fingerprint density at radius 2 is 2.05 bits per heavy atom. The summed E-state index contributed by atoms with van der Waals surface area (Å²) < 4.78 is 0. The zero-order chi connectivity index (χ0) is 16.2. The number of nitrogens with one attached hydrogen (secondary N) is 1. The van der Waals surface area contributed by atoms with Gasteiger partial charge in [-0.15, -0.1) is 0 Å². The molecule has 8 nitrogen and oxygen atoms in total. The van der Waals surface area contributed by atoms with Gasteiger partial charge in [0, 0.05) is 25.7 Å². The molecule has 1 aliphatic rings. The van der Waals surface area contributed by atoms with Crippen molar-refractivity contribution >= 4 is 12.0 Å². The number of hydrogen-bond acceptors (Lipinski definition) is 5. The summed E-state index contributed by atoms with van der Waals surface area (Å²) in [5, 5.41) is 30.8. The minimum atomic E-state index is -1.50. The minimum Gasteiger partial charge on any atom is -0.481 e. The third kappa shape index (κ3) is 5.86. The molecule has 122 valence electrons. The van der Waals surface area contributed by atoms with Crippen LogP contribution < -0.4 is 5.32 Å². The van der Waals surface area contributed by atoms with Crippen molar-refractivity contribution in [3.05, 3.63) is 0 Å². The Balaban J connectivity index is 2.55. The van der Waals surface area contributed by atoms with Gasteiger partial charge in [-0.1, -0.05) is 0 Å². The third-order valence-electron chi connectivity index (χ3n) is 3.38. The Morgan fingerprint density at radius 1 is 1.43 bits per heavy atom. The molecule has 0 saturated carbocycles. The highest BCUT2D eigenvalue weighted by Crippen LogP contribution is 2.18. The van der Waals surface area contributed by atoms with Crippen LogP contribution in [0, 0.1) is 0 Å². The Kier molecular flexibility index (Phi) is 5.94. The molecule has 0 aliphatic carbocycles. The van der Waals surface area contributed by atoms with E-state index in [4.69, 9.17) is 5.11 Å². The quantitative estimate of drug-likeness (QED) is 0.496. The zero-order valence-corrected chi connectivity index (χ0v) is 12.7. The first-order valence-electron chi connectivity index (χ1n) is 6.92. The number of likely N-dealkylation sites (tertiary alicyclic amines) is 1. The topological polar surface area (TPSA) is 113 Å². The maximum Gasteiger partial charge on any atom is 0.317 e. The second kappa shape index (κ2) is 7.06. The molecule has 0 radical (unpaired) electrons. The van der Waals surface area contributed by atoms with Gasteiger partial charge in [-0.3, -0.25) is 4.79 Å². The summed E-state index contributed by atoms with van der Waals surface area (Å²) in [6, 6.07) is -0.497. The molecule has 2 amide bonds. The molecule has 0 aromatic heterocycles. The number of hydrogen-bond donors (Lipinski definition) is 4. The normalized spacial score (nSPS) is 25.0. The fourth-order valence-electron chi connectivity index (χ4n) is 2.49. The average Bonchev–Trinajstić information content (AvgIpc) is 2.64. The lowest BCUT2D eigenvalue weighted by Gasteiger charge is -2.29. The highest BCUT2D eigenvalue weighted by atomic mass is 16.4. The smallest absolute Gasteiger partial charge is 0.317 e. The zero-order valence-electron chi connectivity index (χ0n) is 12.7. The highest BCUT2D eigenvalue weighted by molar-refractivity contribution is 5.75. The maximum absolute atomic E-state index is 12.1. The molecule has 4 N–H and O–H groups in total. The average molecular weight is 303 g/mol. The maximum atomic E-state index is 12.1. The number of nitrogens with zero attached hydrogens (tertiary/aromatic N) is 2. The molecule has 3 atom stereocenters. The molecule has 0 aromatic rings. The lowest BCUT2D eigenvalue weighted by Crippen LogP contribution is -2.50. The Morgan fingerprint density at radius 3 is 2.57 bits per heavy atom. The van der Waals surface area contributed by atoms with Gasteiger partial charge in [0.25, 0.3) is 0 Å². The van der Waals surface area contributed by atoms with Crippen LogP contribution in [-0.2, 0) is 4.79 Å². The van der Waals surface area contributed by atoms with Gasteiger partial charge in [0.15, 0.2) is 0 Å². The van der Waals surface area contributed by atoms with Crippen molar-refractivity contribution in [3.8, 4) is 0 Å². The van der Waals surface area contributed by atoms with Gasteiger partial charge in [-0.2, -0.15) is 0 Å². The van der Waals surface area contributed by atoms with E-state index >= 15 is 0 Å². The van der Waals surface area contributed by atoms with Crippen molar-refractivity contribution in [1.29, 1.82) is 0 Å². The van der Waals surface area contributed by atoms with Crippen molar-refractivity contribution in [2.45, 2.75) is 37.5 Å². The van der Waals surface area contributed by atoms with Crippen LogP contribution in [0.3, 0.4) is 0 Å². The second-order valence-electron chi connectivity index (χ2n) is 6.18. The number of aliphatic hydroxyl groups is 2. The van der Waals surface area contributed by atoms with Gasteiger partial charge in [0.2, 0.25) is 0 Å². The van der Waals surface area contributed by atoms with Crippen molar-refractivity contribution in [3.63, 3.8) is 0 Å². The lowest BCUT2D eigenvalue weighted by atomic mass is 10.0. The molecule has 8 heteroatoms. The van der Waals surface area contributed by atoms with Crippen LogP contribution in [0.15, 0.2) is 0 Å². The number of aliphatic hydroxyl groups excluding tert-OH is 1. The van der Waals surface area contributed by atoms with Crippen LogP contribution in [0.5, 0.6) is 0 Å². The summed E-state index contributed by atoms with van der Waals surface area (Å²) in [7, 11) is 3.77. The molecule has 0 bridgehead atoms. The first-order chi connectivity index (χ1) is 9.60. The summed E-state index contributed by atoms with van der Waals surface area (Å²) in [4.78, 5) is 26.2. The Bertz CT molecular complexity index is 386. The number of rotatable bonds is 6. The van der Waals surface area contributed by atoms with Gasteiger partial charge in [-0.05, 0) is 27.4 Å². The summed E-state index contributed by atoms with van der Waals surface area (Å²) in [6.07, 6.45) is -0.492. The van der Waals surface area contributed by atoms with Crippen molar-refractivity contribution in [2.75, 3.05) is 33.7 Å². The van der Waals surface area contributed by atoms with E-state index in [1.165, 1.54) is 11.8 Å². The van der Waals surface area contributed by atoms with Gasteiger partial charge in [-0.25, -0.2) is 4.79 Å². The van der Waals surface area contributed by atoms with Crippen molar-refractivity contribution in [1.82, 2.24) is 15.1 Å². The third-order valence-corrected chi connectivity index (χ3v) is 3.38. The molecule has 1 rings (SSSR count). The largest absolute Gasteiger partial charge is 0.481 e. The molecule has 0 aromatic carbocycles. The number of urea groups is 1. The number of likely N-dealkylation sites (N-methyl/N-ethyl adjacent to an activating group) is 1. The van der Waals surface area contributed by atoms with Crippen LogP contribution in [-0.4, -0.2) is 88.6 Å². The number of carboxylic acids is 1. The molecular formula is C13H25N3O5. The number of aliphatic carboxylic acids is 1. The first-order valence-corrected chi connectivity index (χ1v) is 6.92. The van der Waals surface area contributed by atoms with E-state index < -0.39 is 30.1 Å². The summed E-state index contributed by atoms with van der Waals surface area (Å²) in [5.41, 5.74) is -1.50.